The van der Waals surface area contributed by atoms with Gasteiger partial charge in [0.2, 0.25) is 0 Å². The van der Waals surface area contributed by atoms with Gasteiger partial charge in [-0.1, -0.05) is 55.2 Å². The van der Waals surface area contributed by atoms with E-state index in [2.05, 4.69) is 19.2 Å². The van der Waals surface area contributed by atoms with Crippen LogP contribution >= 0.6 is 23.2 Å². The summed E-state index contributed by atoms with van der Waals surface area (Å²) in [6, 6.07) is 10.9. The lowest BCUT2D eigenvalue weighted by Gasteiger charge is -2.14. The van der Waals surface area contributed by atoms with Crippen molar-refractivity contribution in [3.05, 3.63) is 57.6 Å². The van der Waals surface area contributed by atoms with Gasteiger partial charge in [-0.15, -0.1) is 0 Å². The number of hydrogen-bond donors (Lipinski definition) is 1. The van der Waals surface area contributed by atoms with Crippen LogP contribution in [-0.4, -0.2) is 12.5 Å². The van der Waals surface area contributed by atoms with E-state index in [4.69, 9.17) is 27.9 Å². The van der Waals surface area contributed by atoms with Gasteiger partial charge in [0.05, 0.1) is 0 Å². The van der Waals surface area contributed by atoms with Crippen LogP contribution in [-0.2, 0) is 17.6 Å². The van der Waals surface area contributed by atoms with E-state index in [1.807, 2.05) is 18.2 Å². The molecule has 0 bridgehead atoms. The predicted molar refractivity (Wildman–Crippen MR) is 95.8 cm³/mol. The molecule has 0 unspecified atom stereocenters. The molecule has 0 aliphatic carbocycles. The molecule has 5 heteroatoms. The van der Waals surface area contributed by atoms with Gasteiger partial charge in [0, 0.05) is 15.7 Å². The predicted octanol–water partition coefficient (Wildman–Crippen LogP) is 5.14. The van der Waals surface area contributed by atoms with Crippen molar-refractivity contribution in [2.75, 3.05) is 11.9 Å². The third-order valence-corrected chi connectivity index (χ3v) is 3.91. The highest BCUT2D eigenvalue weighted by Crippen LogP contribution is 2.25. The Morgan fingerprint density at radius 1 is 1.04 bits per heavy atom. The average molecular weight is 352 g/mol. The number of nitrogens with one attached hydrogen (secondary N) is 1. The SMILES string of the molecule is CCc1cccc(CC)c1NC(=O)COc1cc(Cl)cc(Cl)c1. The van der Waals surface area contributed by atoms with Crippen molar-refractivity contribution in [3.8, 4) is 5.75 Å². The summed E-state index contributed by atoms with van der Waals surface area (Å²) in [7, 11) is 0. The van der Waals surface area contributed by atoms with Gasteiger partial charge < -0.3 is 10.1 Å². The van der Waals surface area contributed by atoms with Gasteiger partial charge >= 0.3 is 0 Å². The minimum atomic E-state index is -0.211. The first-order valence-electron chi connectivity index (χ1n) is 7.53. The fourth-order valence-electron chi connectivity index (χ4n) is 2.34. The summed E-state index contributed by atoms with van der Waals surface area (Å²) in [5, 5.41) is 3.89. The molecule has 122 valence electrons. The molecular weight excluding hydrogens is 333 g/mol. The van der Waals surface area contributed by atoms with Crippen LogP contribution in [0.15, 0.2) is 36.4 Å². The molecule has 23 heavy (non-hydrogen) atoms. The summed E-state index contributed by atoms with van der Waals surface area (Å²) < 4.78 is 5.47. The zero-order valence-electron chi connectivity index (χ0n) is 13.2. The molecule has 2 aromatic rings. The fraction of sp³-hybridized carbons (Fsp3) is 0.278. The number of benzene rings is 2. The standard InChI is InChI=1S/C18H19Cl2NO2/c1-3-12-6-5-7-13(4-2)18(12)21-17(22)11-23-16-9-14(19)8-15(20)10-16/h5-10H,3-4,11H2,1-2H3,(H,21,22). The number of hydrogen-bond acceptors (Lipinski definition) is 2. The topological polar surface area (TPSA) is 38.3 Å². The third kappa shape index (κ3) is 4.88. The zero-order valence-corrected chi connectivity index (χ0v) is 14.7. The highest BCUT2D eigenvalue weighted by Gasteiger charge is 2.11. The maximum atomic E-state index is 12.2. The maximum absolute atomic E-state index is 12.2. The molecule has 0 heterocycles. The van der Waals surface area contributed by atoms with E-state index in [-0.39, 0.29) is 12.5 Å². The number of carbonyl (C=O) groups excluding carboxylic acids is 1. The monoisotopic (exact) mass is 351 g/mol. The lowest BCUT2D eigenvalue weighted by atomic mass is 10.0. The van der Waals surface area contributed by atoms with Crippen molar-refractivity contribution in [1.82, 2.24) is 0 Å². The highest BCUT2D eigenvalue weighted by atomic mass is 35.5. The molecular formula is C18H19Cl2NO2. The summed E-state index contributed by atoms with van der Waals surface area (Å²) in [5.74, 6) is 0.258. The van der Waals surface area contributed by atoms with Crippen LogP contribution in [0.2, 0.25) is 10.0 Å². The summed E-state index contributed by atoms with van der Waals surface area (Å²) in [6.07, 6.45) is 1.71. The number of anilines is 1. The number of amides is 1. The lowest BCUT2D eigenvalue weighted by molar-refractivity contribution is -0.118. The third-order valence-electron chi connectivity index (χ3n) is 3.47. The minimum Gasteiger partial charge on any atom is -0.484 e. The number of ether oxygens (including phenoxy) is 1. The second-order valence-electron chi connectivity index (χ2n) is 5.10. The zero-order chi connectivity index (χ0) is 16.8. The number of halogens is 2. The molecule has 0 spiro atoms. The quantitative estimate of drug-likeness (QED) is 0.782. The molecule has 0 fully saturated rings. The molecule has 0 saturated heterocycles. The second-order valence-corrected chi connectivity index (χ2v) is 5.97. The number of aryl methyl sites for hydroxylation is 2. The summed E-state index contributed by atoms with van der Waals surface area (Å²) in [4.78, 5) is 12.2. The highest BCUT2D eigenvalue weighted by molar-refractivity contribution is 6.34. The summed E-state index contributed by atoms with van der Waals surface area (Å²) in [6.45, 7) is 4.03. The first-order valence-corrected chi connectivity index (χ1v) is 8.28. The summed E-state index contributed by atoms with van der Waals surface area (Å²) in [5.41, 5.74) is 3.11. The van der Waals surface area contributed by atoms with Crippen LogP contribution in [0.3, 0.4) is 0 Å². The molecule has 2 aromatic carbocycles. The van der Waals surface area contributed by atoms with Crippen LogP contribution in [0, 0.1) is 0 Å². The fourth-order valence-corrected chi connectivity index (χ4v) is 2.85. The Bertz CT molecular complexity index is 659. The van der Waals surface area contributed by atoms with Crippen LogP contribution in [0.4, 0.5) is 5.69 Å². The molecule has 0 aromatic heterocycles. The van der Waals surface area contributed by atoms with Crippen molar-refractivity contribution >= 4 is 34.8 Å². The molecule has 0 aliphatic heterocycles. The Balaban J connectivity index is 2.05. The minimum absolute atomic E-state index is 0.0993. The van der Waals surface area contributed by atoms with E-state index in [0.29, 0.717) is 15.8 Å². The van der Waals surface area contributed by atoms with Gasteiger partial charge in [-0.2, -0.15) is 0 Å². The Kier molecular flexibility index (Phi) is 6.31. The number of rotatable bonds is 6. The molecule has 0 aliphatic rings. The van der Waals surface area contributed by atoms with Crippen molar-refractivity contribution in [2.24, 2.45) is 0 Å². The largest absolute Gasteiger partial charge is 0.484 e. The molecule has 0 atom stereocenters. The van der Waals surface area contributed by atoms with Crippen molar-refractivity contribution in [2.45, 2.75) is 26.7 Å². The van der Waals surface area contributed by atoms with Gasteiger partial charge in [0.1, 0.15) is 5.75 Å². The Labute approximate surface area is 146 Å². The van der Waals surface area contributed by atoms with Gasteiger partial charge in [0.25, 0.3) is 5.91 Å². The normalized spacial score (nSPS) is 10.4. The van der Waals surface area contributed by atoms with Crippen molar-refractivity contribution in [1.29, 1.82) is 0 Å². The average Bonchev–Trinajstić information content (AvgIpc) is 2.52. The molecule has 3 nitrogen and oxygen atoms in total. The van der Waals surface area contributed by atoms with Crippen LogP contribution < -0.4 is 10.1 Å². The molecule has 1 N–H and O–H groups in total. The summed E-state index contributed by atoms with van der Waals surface area (Å²) >= 11 is 11.8. The van der Waals surface area contributed by atoms with Crippen molar-refractivity contribution in [3.63, 3.8) is 0 Å². The van der Waals surface area contributed by atoms with Crippen LogP contribution in [0.5, 0.6) is 5.75 Å². The van der Waals surface area contributed by atoms with Crippen molar-refractivity contribution < 1.29 is 9.53 Å². The van der Waals surface area contributed by atoms with E-state index in [0.717, 1.165) is 29.7 Å². The van der Waals surface area contributed by atoms with E-state index < -0.39 is 0 Å². The Morgan fingerprint density at radius 3 is 2.13 bits per heavy atom. The second kappa shape index (κ2) is 8.23. The van der Waals surface area contributed by atoms with E-state index in [9.17, 15) is 4.79 Å². The van der Waals surface area contributed by atoms with Crippen LogP contribution in [0.25, 0.3) is 0 Å². The smallest absolute Gasteiger partial charge is 0.262 e. The number of carbonyl (C=O) groups is 1. The van der Waals surface area contributed by atoms with Gasteiger partial charge in [-0.05, 0) is 42.2 Å². The van der Waals surface area contributed by atoms with E-state index in [1.54, 1.807) is 18.2 Å². The molecule has 2 rings (SSSR count). The molecule has 1 amide bonds. The Morgan fingerprint density at radius 2 is 1.61 bits per heavy atom. The van der Waals surface area contributed by atoms with Gasteiger partial charge in [0.15, 0.2) is 6.61 Å². The molecule has 0 saturated carbocycles. The number of para-hydroxylation sites is 1. The maximum Gasteiger partial charge on any atom is 0.262 e. The van der Waals surface area contributed by atoms with E-state index in [1.165, 1.54) is 0 Å². The Hall–Kier alpha value is -1.71. The van der Waals surface area contributed by atoms with Gasteiger partial charge in [-0.3, -0.25) is 4.79 Å². The van der Waals surface area contributed by atoms with Gasteiger partial charge in [-0.25, -0.2) is 0 Å². The first-order chi connectivity index (χ1) is 11.0. The molecule has 0 radical (unpaired) electrons. The van der Waals surface area contributed by atoms with E-state index >= 15 is 0 Å². The van der Waals surface area contributed by atoms with Crippen LogP contribution in [0.1, 0.15) is 25.0 Å². The first kappa shape index (κ1) is 17.6. The lowest BCUT2D eigenvalue weighted by Crippen LogP contribution is -2.21.